The van der Waals surface area contributed by atoms with Gasteiger partial charge in [-0.15, -0.1) is 0 Å². The molecule has 0 atom stereocenters. The Morgan fingerprint density at radius 1 is 1.03 bits per heavy atom. The van der Waals surface area contributed by atoms with Crippen LogP contribution in [0.25, 0.3) is 11.2 Å². The van der Waals surface area contributed by atoms with Gasteiger partial charge in [-0.05, 0) is 11.1 Å². The molecule has 0 aliphatic rings. The van der Waals surface area contributed by atoms with Crippen LogP contribution in [0.3, 0.4) is 0 Å². The van der Waals surface area contributed by atoms with Gasteiger partial charge in [-0.2, -0.15) is 9.97 Å². The van der Waals surface area contributed by atoms with Crippen LogP contribution in [0.1, 0.15) is 22.9 Å². The van der Waals surface area contributed by atoms with Gasteiger partial charge in [0.2, 0.25) is 17.7 Å². The minimum Gasteiger partial charge on any atom is -0.471 e. The van der Waals surface area contributed by atoms with Crippen LogP contribution in [0.15, 0.2) is 24.3 Å². The lowest BCUT2D eigenvalue weighted by molar-refractivity contribution is -0.154. The Labute approximate surface area is 165 Å². The maximum Gasteiger partial charge on any atom is 0.327 e. The standard InChI is InChI=1S/C18H20N6O5/c1-27-16(25)11(17(26)28-2)13-21-12-14(22-13)23-18(20)24-15(12)29-8-10-5-3-9(7-19)4-6-10/h3-6,11H,7-8,19H2,1-2H3,(H3,20,21,22,23,24). The number of benzene rings is 1. The molecule has 0 spiro atoms. The summed E-state index contributed by atoms with van der Waals surface area (Å²) in [5.74, 6) is -3.04. The highest BCUT2D eigenvalue weighted by molar-refractivity contribution is 6.00. The fourth-order valence-corrected chi connectivity index (χ4v) is 2.62. The molecular weight excluding hydrogens is 380 g/mol. The summed E-state index contributed by atoms with van der Waals surface area (Å²) in [6.07, 6.45) is 0. The molecule has 0 fully saturated rings. The number of carbonyl (C=O) groups excluding carboxylic acids is 2. The van der Waals surface area contributed by atoms with Gasteiger partial charge in [0.15, 0.2) is 5.65 Å². The molecule has 0 bridgehead atoms. The fraction of sp³-hybridized carbons (Fsp3) is 0.278. The summed E-state index contributed by atoms with van der Waals surface area (Å²) >= 11 is 0. The second-order valence-corrected chi connectivity index (χ2v) is 6.00. The molecule has 0 saturated carbocycles. The van der Waals surface area contributed by atoms with Crippen molar-refractivity contribution in [2.45, 2.75) is 19.1 Å². The van der Waals surface area contributed by atoms with Gasteiger partial charge in [-0.3, -0.25) is 9.59 Å². The Balaban J connectivity index is 1.93. The van der Waals surface area contributed by atoms with Gasteiger partial charge in [0.25, 0.3) is 0 Å². The highest BCUT2D eigenvalue weighted by atomic mass is 16.5. The number of aromatic amines is 1. The Hall–Kier alpha value is -3.73. The smallest absolute Gasteiger partial charge is 0.327 e. The van der Waals surface area contributed by atoms with Gasteiger partial charge in [0, 0.05) is 6.54 Å². The van der Waals surface area contributed by atoms with Crippen LogP contribution < -0.4 is 16.2 Å². The van der Waals surface area contributed by atoms with Crippen molar-refractivity contribution < 1.29 is 23.8 Å². The van der Waals surface area contributed by atoms with Crippen molar-refractivity contribution in [3.05, 3.63) is 41.2 Å². The zero-order chi connectivity index (χ0) is 21.0. The number of nitrogens with one attached hydrogen (secondary N) is 1. The first-order valence-corrected chi connectivity index (χ1v) is 8.56. The monoisotopic (exact) mass is 400 g/mol. The highest BCUT2D eigenvalue weighted by Gasteiger charge is 2.34. The number of anilines is 1. The summed E-state index contributed by atoms with van der Waals surface area (Å²) in [6, 6.07) is 7.56. The van der Waals surface area contributed by atoms with Crippen molar-refractivity contribution in [2.75, 3.05) is 20.0 Å². The first kappa shape index (κ1) is 20.0. The summed E-state index contributed by atoms with van der Waals surface area (Å²) in [7, 11) is 2.31. The van der Waals surface area contributed by atoms with Crippen LogP contribution in [0, 0.1) is 0 Å². The van der Waals surface area contributed by atoms with Crippen LogP contribution in [-0.2, 0) is 32.2 Å². The normalized spacial score (nSPS) is 10.9. The van der Waals surface area contributed by atoms with E-state index < -0.39 is 17.9 Å². The Morgan fingerprint density at radius 2 is 1.66 bits per heavy atom. The average Bonchev–Trinajstić information content (AvgIpc) is 3.15. The Morgan fingerprint density at radius 3 is 2.24 bits per heavy atom. The number of imidazole rings is 1. The molecule has 2 aromatic heterocycles. The van der Waals surface area contributed by atoms with Crippen LogP contribution in [0.2, 0.25) is 0 Å². The van der Waals surface area contributed by atoms with Gasteiger partial charge in [-0.25, -0.2) is 4.98 Å². The van der Waals surface area contributed by atoms with Gasteiger partial charge >= 0.3 is 11.9 Å². The molecule has 29 heavy (non-hydrogen) atoms. The third-order valence-corrected chi connectivity index (χ3v) is 4.13. The second-order valence-electron chi connectivity index (χ2n) is 6.00. The summed E-state index contributed by atoms with van der Waals surface area (Å²) in [5.41, 5.74) is 13.6. The molecule has 5 N–H and O–H groups in total. The van der Waals surface area contributed by atoms with Crippen molar-refractivity contribution in [1.82, 2.24) is 19.9 Å². The van der Waals surface area contributed by atoms with Gasteiger partial charge in [0.05, 0.1) is 14.2 Å². The number of aromatic nitrogens is 4. The lowest BCUT2D eigenvalue weighted by Gasteiger charge is -2.09. The van der Waals surface area contributed by atoms with E-state index in [-0.39, 0.29) is 35.4 Å². The summed E-state index contributed by atoms with van der Waals surface area (Å²) in [5, 5.41) is 0. The topological polar surface area (TPSA) is 168 Å². The van der Waals surface area contributed by atoms with Crippen LogP contribution >= 0.6 is 0 Å². The van der Waals surface area contributed by atoms with E-state index in [4.69, 9.17) is 16.2 Å². The molecule has 3 rings (SSSR count). The van der Waals surface area contributed by atoms with Crippen LogP contribution in [0.4, 0.5) is 5.95 Å². The molecule has 0 aliphatic heterocycles. The van der Waals surface area contributed by atoms with E-state index in [0.717, 1.165) is 25.3 Å². The number of rotatable bonds is 7. The second kappa shape index (κ2) is 8.52. The molecule has 1 aromatic carbocycles. The van der Waals surface area contributed by atoms with Crippen LogP contribution in [0.5, 0.6) is 5.88 Å². The van der Waals surface area contributed by atoms with E-state index in [1.165, 1.54) is 0 Å². The van der Waals surface area contributed by atoms with E-state index in [1.807, 2.05) is 24.3 Å². The van der Waals surface area contributed by atoms with E-state index in [1.54, 1.807) is 0 Å². The molecule has 0 saturated heterocycles. The molecule has 0 aliphatic carbocycles. The van der Waals surface area contributed by atoms with Crippen molar-refractivity contribution in [1.29, 1.82) is 0 Å². The number of nitrogens with zero attached hydrogens (tertiary/aromatic N) is 3. The Bertz CT molecular complexity index is 1020. The van der Waals surface area contributed by atoms with E-state index in [9.17, 15) is 9.59 Å². The number of hydrogen-bond acceptors (Lipinski definition) is 10. The molecule has 11 nitrogen and oxygen atoms in total. The van der Waals surface area contributed by atoms with Gasteiger partial charge in [0.1, 0.15) is 17.9 Å². The summed E-state index contributed by atoms with van der Waals surface area (Å²) in [4.78, 5) is 39.1. The van der Waals surface area contributed by atoms with Crippen molar-refractivity contribution >= 4 is 29.1 Å². The SMILES string of the molecule is COC(=O)C(C(=O)OC)c1nc2nc(N)nc(OCc3ccc(CN)cc3)c2[nH]1. The summed E-state index contributed by atoms with van der Waals surface area (Å²) in [6.45, 7) is 0.644. The van der Waals surface area contributed by atoms with E-state index >= 15 is 0 Å². The number of nitrogens with two attached hydrogens (primary N) is 2. The third-order valence-electron chi connectivity index (χ3n) is 4.13. The largest absolute Gasteiger partial charge is 0.471 e. The molecule has 11 heteroatoms. The van der Waals surface area contributed by atoms with Crippen molar-refractivity contribution in [3.8, 4) is 5.88 Å². The highest BCUT2D eigenvalue weighted by Crippen LogP contribution is 2.26. The van der Waals surface area contributed by atoms with Crippen molar-refractivity contribution in [3.63, 3.8) is 0 Å². The quantitative estimate of drug-likeness (QED) is 0.373. The fourth-order valence-electron chi connectivity index (χ4n) is 2.62. The Kier molecular flexibility index (Phi) is 5.88. The lowest BCUT2D eigenvalue weighted by Crippen LogP contribution is -2.25. The van der Waals surface area contributed by atoms with E-state index in [2.05, 4.69) is 29.4 Å². The first-order chi connectivity index (χ1) is 14.0. The molecule has 2 heterocycles. The minimum atomic E-state index is -1.41. The predicted molar refractivity (Wildman–Crippen MR) is 102 cm³/mol. The zero-order valence-electron chi connectivity index (χ0n) is 15.8. The van der Waals surface area contributed by atoms with Crippen LogP contribution in [-0.4, -0.2) is 46.1 Å². The number of hydrogen-bond donors (Lipinski definition) is 3. The number of esters is 2. The average molecular weight is 400 g/mol. The molecule has 0 unspecified atom stereocenters. The summed E-state index contributed by atoms with van der Waals surface area (Å²) < 4.78 is 15.1. The maximum atomic E-state index is 12.0. The van der Waals surface area contributed by atoms with E-state index in [0.29, 0.717) is 6.54 Å². The number of fused-ring (bicyclic) bond motifs is 1. The lowest BCUT2D eigenvalue weighted by atomic mass is 10.1. The first-order valence-electron chi connectivity index (χ1n) is 8.56. The number of methoxy groups -OCH3 is 2. The predicted octanol–water partition coefficient (Wildman–Crippen LogP) is 0.402. The number of ether oxygens (including phenoxy) is 3. The number of nitrogen functional groups attached to an aromatic ring is 1. The van der Waals surface area contributed by atoms with Crippen molar-refractivity contribution in [2.24, 2.45) is 5.73 Å². The molecule has 3 aromatic rings. The number of carbonyl (C=O) groups is 2. The molecule has 152 valence electrons. The van der Waals surface area contributed by atoms with Gasteiger partial charge < -0.3 is 30.7 Å². The third kappa shape index (κ3) is 4.24. The zero-order valence-corrected chi connectivity index (χ0v) is 15.8. The maximum absolute atomic E-state index is 12.0. The minimum absolute atomic E-state index is 0.0178. The number of H-pyrrole nitrogens is 1. The molecule has 0 amide bonds. The molecular formula is C18H20N6O5. The van der Waals surface area contributed by atoms with Gasteiger partial charge in [-0.1, -0.05) is 24.3 Å². The molecule has 0 radical (unpaired) electrons.